The van der Waals surface area contributed by atoms with E-state index in [2.05, 4.69) is 0 Å². The van der Waals surface area contributed by atoms with Crippen LogP contribution in [0.3, 0.4) is 0 Å². The Labute approximate surface area is 95.2 Å². The zero-order chi connectivity index (χ0) is 11.4. The summed E-state index contributed by atoms with van der Waals surface area (Å²) in [5.41, 5.74) is 5.49. The molecule has 2 heterocycles. The van der Waals surface area contributed by atoms with E-state index in [1.165, 1.54) is 0 Å². The summed E-state index contributed by atoms with van der Waals surface area (Å²) in [6.45, 7) is 1.82. The van der Waals surface area contributed by atoms with Gasteiger partial charge in [-0.1, -0.05) is 0 Å². The smallest absolute Gasteiger partial charge is 0.335 e. The van der Waals surface area contributed by atoms with E-state index in [4.69, 9.17) is 19.9 Å². The molecule has 0 aliphatic carbocycles. The Bertz CT molecular complexity index is 240. The lowest BCUT2D eigenvalue weighted by atomic mass is 10.1. The van der Waals surface area contributed by atoms with Gasteiger partial charge in [0.25, 0.3) is 0 Å². The van der Waals surface area contributed by atoms with Gasteiger partial charge in [-0.05, 0) is 12.8 Å². The van der Waals surface area contributed by atoms with E-state index in [1.54, 1.807) is 0 Å². The third-order valence-electron chi connectivity index (χ3n) is 3.08. The molecule has 2 rings (SSSR count). The first-order valence-electron chi connectivity index (χ1n) is 5.93. The Kier molecular flexibility index (Phi) is 4.15. The van der Waals surface area contributed by atoms with Crippen molar-refractivity contribution < 1.29 is 19.0 Å². The van der Waals surface area contributed by atoms with E-state index in [0.717, 1.165) is 25.7 Å². The standard InChI is InChI=1S/C11H19NO4/c12-7-9-1-2-10(15-9)11(13)16-8-3-5-14-6-4-8/h8-10H,1-7,12H2. The van der Waals surface area contributed by atoms with Crippen LogP contribution in [0.4, 0.5) is 0 Å². The molecule has 0 radical (unpaired) electrons. The van der Waals surface area contributed by atoms with Crippen LogP contribution in [-0.4, -0.2) is 44.0 Å². The van der Waals surface area contributed by atoms with Crippen molar-refractivity contribution >= 4 is 5.97 Å². The molecule has 2 fully saturated rings. The van der Waals surface area contributed by atoms with Gasteiger partial charge >= 0.3 is 5.97 Å². The second kappa shape index (κ2) is 5.61. The molecule has 92 valence electrons. The topological polar surface area (TPSA) is 70.8 Å². The van der Waals surface area contributed by atoms with E-state index in [0.29, 0.717) is 19.8 Å². The van der Waals surface area contributed by atoms with E-state index in [9.17, 15) is 4.79 Å². The number of nitrogens with two attached hydrogens (primary N) is 1. The summed E-state index contributed by atoms with van der Waals surface area (Å²) in [7, 11) is 0. The van der Waals surface area contributed by atoms with Crippen LogP contribution in [0, 0.1) is 0 Å². The van der Waals surface area contributed by atoms with Crippen molar-refractivity contribution in [2.45, 2.75) is 44.0 Å². The third-order valence-corrected chi connectivity index (χ3v) is 3.08. The van der Waals surface area contributed by atoms with Gasteiger partial charge in [0, 0.05) is 19.4 Å². The molecule has 2 saturated heterocycles. The number of carbonyl (C=O) groups excluding carboxylic acids is 1. The molecule has 2 aliphatic heterocycles. The molecule has 16 heavy (non-hydrogen) atoms. The number of ether oxygens (including phenoxy) is 3. The molecule has 0 amide bonds. The fourth-order valence-electron chi connectivity index (χ4n) is 2.09. The van der Waals surface area contributed by atoms with Crippen molar-refractivity contribution in [3.05, 3.63) is 0 Å². The molecule has 2 atom stereocenters. The van der Waals surface area contributed by atoms with Crippen LogP contribution in [0.5, 0.6) is 0 Å². The van der Waals surface area contributed by atoms with Crippen LogP contribution in [-0.2, 0) is 19.0 Å². The molecule has 0 aromatic rings. The van der Waals surface area contributed by atoms with Gasteiger partial charge in [-0.3, -0.25) is 0 Å². The van der Waals surface area contributed by atoms with Crippen LogP contribution in [0.2, 0.25) is 0 Å². The highest BCUT2D eigenvalue weighted by Gasteiger charge is 2.32. The first-order chi connectivity index (χ1) is 7.79. The molecule has 0 aromatic heterocycles. The summed E-state index contributed by atoms with van der Waals surface area (Å²) in [5.74, 6) is -0.233. The minimum Gasteiger partial charge on any atom is -0.460 e. The molecule has 5 heteroatoms. The van der Waals surface area contributed by atoms with Crippen LogP contribution in [0.25, 0.3) is 0 Å². The normalized spacial score (nSPS) is 31.6. The number of esters is 1. The molecule has 0 spiro atoms. The number of hydrogen-bond donors (Lipinski definition) is 1. The summed E-state index contributed by atoms with van der Waals surface area (Å²) < 4.78 is 16.1. The molecule has 5 nitrogen and oxygen atoms in total. The zero-order valence-electron chi connectivity index (χ0n) is 9.39. The summed E-state index contributed by atoms with van der Waals surface area (Å²) >= 11 is 0. The number of hydrogen-bond acceptors (Lipinski definition) is 5. The lowest BCUT2D eigenvalue weighted by Crippen LogP contribution is -2.32. The minimum absolute atomic E-state index is 0.00164. The van der Waals surface area contributed by atoms with E-state index in [1.807, 2.05) is 0 Å². The highest BCUT2D eigenvalue weighted by molar-refractivity contribution is 5.75. The van der Waals surface area contributed by atoms with Gasteiger partial charge in [0.05, 0.1) is 19.3 Å². The van der Waals surface area contributed by atoms with Gasteiger partial charge in [-0.15, -0.1) is 0 Å². The molecule has 2 unspecified atom stereocenters. The fourth-order valence-corrected chi connectivity index (χ4v) is 2.09. The maximum absolute atomic E-state index is 11.7. The summed E-state index contributed by atoms with van der Waals surface area (Å²) in [6, 6.07) is 0. The fraction of sp³-hybridized carbons (Fsp3) is 0.909. The van der Waals surface area contributed by atoms with Gasteiger partial charge in [0.2, 0.25) is 0 Å². The first kappa shape index (κ1) is 11.8. The van der Waals surface area contributed by atoms with Crippen molar-refractivity contribution in [3.8, 4) is 0 Å². The monoisotopic (exact) mass is 229 g/mol. The molecule has 0 aromatic carbocycles. The van der Waals surface area contributed by atoms with Gasteiger partial charge in [-0.25, -0.2) is 4.79 Å². The Morgan fingerprint density at radius 3 is 2.62 bits per heavy atom. The van der Waals surface area contributed by atoms with Crippen LogP contribution in [0.15, 0.2) is 0 Å². The van der Waals surface area contributed by atoms with E-state index >= 15 is 0 Å². The third kappa shape index (κ3) is 2.93. The van der Waals surface area contributed by atoms with Gasteiger partial charge in [0.15, 0.2) is 6.10 Å². The summed E-state index contributed by atoms with van der Waals surface area (Å²) in [6.07, 6.45) is 2.77. The quantitative estimate of drug-likeness (QED) is 0.701. The second-order valence-corrected chi connectivity index (χ2v) is 4.31. The maximum Gasteiger partial charge on any atom is 0.335 e. The van der Waals surface area contributed by atoms with E-state index < -0.39 is 6.10 Å². The molecular weight excluding hydrogens is 210 g/mol. The second-order valence-electron chi connectivity index (χ2n) is 4.31. The summed E-state index contributed by atoms with van der Waals surface area (Å²) in [5, 5.41) is 0. The number of carbonyl (C=O) groups is 1. The van der Waals surface area contributed by atoms with Crippen molar-refractivity contribution in [3.63, 3.8) is 0 Å². The van der Waals surface area contributed by atoms with Crippen molar-refractivity contribution in [2.24, 2.45) is 5.73 Å². The largest absolute Gasteiger partial charge is 0.460 e. The number of rotatable bonds is 3. The predicted octanol–water partition coefficient (Wildman–Crippen LogP) is 0.215. The predicted molar refractivity (Wildman–Crippen MR) is 56.9 cm³/mol. The lowest BCUT2D eigenvalue weighted by Gasteiger charge is -2.23. The highest BCUT2D eigenvalue weighted by Crippen LogP contribution is 2.21. The maximum atomic E-state index is 11.7. The van der Waals surface area contributed by atoms with Crippen LogP contribution < -0.4 is 5.73 Å². The van der Waals surface area contributed by atoms with Gasteiger partial charge in [-0.2, -0.15) is 0 Å². The SMILES string of the molecule is NCC1CCC(C(=O)OC2CCOCC2)O1. The molecule has 0 saturated carbocycles. The van der Waals surface area contributed by atoms with Gasteiger partial charge in [0.1, 0.15) is 6.10 Å². The zero-order valence-corrected chi connectivity index (χ0v) is 9.39. The van der Waals surface area contributed by atoms with Crippen molar-refractivity contribution in [1.29, 1.82) is 0 Å². The lowest BCUT2D eigenvalue weighted by molar-refractivity contribution is -0.165. The van der Waals surface area contributed by atoms with Crippen LogP contribution >= 0.6 is 0 Å². The Hall–Kier alpha value is -0.650. The molecule has 2 aliphatic rings. The Balaban J connectivity index is 1.75. The Morgan fingerprint density at radius 1 is 1.25 bits per heavy atom. The molecular formula is C11H19NO4. The minimum atomic E-state index is -0.406. The first-order valence-corrected chi connectivity index (χ1v) is 5.93. The summed E-state index contributed by atoms with van der Waals surface area (Å²) in [4.78, 5) is 11.7. The average molecular weight is 229 g/mol. The van der Waals surface area contributed by atoms with Crippen molar-refractivity contribution in [2.75, 3.05) is 19.8 Å². The highest BCUT2D eigenvalue weighted by atomic mass is 16.6. The molecule has 2 N–H and O–H groups in total. The molecule has 0 bridgehead atoms. The van der Waals surface area contributed by atoms with Gasteiger partial charge < -0.3 is 19.9 Å². The average Bonchev–Trinajstić information content (AvgIpc) is 2.79. The Morgan fingerprint density at radius 2 is 2.00 bits per heavy atom. The van der Waals surface area contributed by atoms with Crippen molar-refractivity contribution in [1.82, 2.24) is 0 Å². The van der Waals surface area contributed by atoms with Crippen LogP contribution in [0.1, 0.15) is 25.7 Å². The van der Waals surface area contributed by atoms with E-state index in [-0.39, 0.29) is 18.2 Å².